The summed E-state index contributed by atoms with van der Waals surface area (Å²) in [6, 6.07) is 8.11. The summed E-state index contributed by atoms with van der Waals surface area (Å²) >= 11 is 2.71. The lowest BCUT2D eigenvalue weighted by Crippen LogP contribution is -2.29. The Balaban J connectivity index is 2.11. The van der Waals surface area contributed by atoms with Crippen LogP contribution in [-0.2, 0) is 9.53 Å². The molecule has 0 saturated heterocycles. The van der Waals surface area contributed by atoms with Gasteiger partial charge in [-0.15, -0.1) is 11.8 Å². The normalized spacial score (nSPS) is 20.9. The number of rotatable bonds is 2. The van der Waals surface area contributed by atoms with E-state index in [1.807, 2.05) is 31.2 Å². The van der Waals surface area contributed by atoms with Crippen molar-refractivity contribution in [2.75, 3.05) is 12.9 Å². The van der Waals surface area contributed by atoms with E-state index in [0.29, 0.717) is 5.75 Å². The van der Waals surface area contributed by atoms with E-state index in [1.165, 1.54) is 35.8 Å². The molecular weight excluding hydrogens is 306 g/mol. The molecule has 1 aliphatic heterocycles. The van der Waals surface area contributed by atoms with Crippen molar-refractivity contribution in [3.05, 3.63) is 49.9 Å². The van der Waals surface area contributed by atoms with Gasteiger partial charge in [0, 0.05) is 16.5 Å². The predicted octanol–water partition coefficient (Wildman–Crippen LogP) is 2.77. The van der Waals surface area contributed by atoms with Gasteiger partial charge in [0.25, 0.3) is 0 Å². The molecule has 21 heavy (non-hydrogen) atoms. The van der Waals surface area contributed by atoms with Crippen LogP contribution in [0.25, 0.3) is 0 Å². The Labute approximate surface area is 130 Å². The number of aromatic nitrogens is 1. The fourth-order valence-electron chi connectivity index (χ4n) is 2.60. The van der Waals surface area contributed by atoms with Crippen LogP contribution in [0.5, 0.6) is 0 Å². The summed E-state index contributed by atoms with van der Waals surface area (Å²) in [5, 5.41) is 0.885. The van der Waals surface area contributed by atoms with Gasteiger partial charge >= 0.3 is 10.8 Å². The second-order valence-electron chi connectivity index (χ2n) is 5.04. The maximum Gasteiger partial charge on any atom is 0.310 e. The largest absolute Gasteiger partial charge is 0.469 e. The minimum Gasteiger partial charge on any atom is -0.469 e. The summed E-state index contributed by atoms with van der Waals surface area (Å²) in [6.07, 6.45) is 0. The fourth-order valence-corrected chi connectivity index (χ4v) is 5.00. The molecule has 0 bridgehead atoms. The smallest absolute Gasteiger partial charge is 0.310 e. The number of thiazole rings is 1. The van der Waals surface area contributed by atoms with Gasteiger partial charge in [-0.25, -0.2) is 0 Å². The Hall–Kier alpha value is -1.53. The maximum atomic E-state index is 12.1. The number of carbonyl (C=O) groups excluding carboxylic acids is 1. The Morgan fingerprint density at radius 2 is 2.05 bits per heavy atom. The summed E-state index contributed by atoms with van der Waals surface area (Å²) in [7, 11) is 1.41. The predicted molar refractivity (Wildman–Crippen MR) is 84.2 cm³/mol. The lowest BCUT2D eigenvalue weighted by Gasteiger charge is -2.29. The van der Waals surface area contributed by atoms with Gasteiger partial charge in [0.15, 0.2) is 0 Å². The number of H-pyrrole nitrogens is 1. The van der Waals surface area contributed by atoms with Crippen molar-refractivity contribution in [2.24, 2.45) is 5.92 Å². The van der Waals surface area contributed by atoms with Crippen LogP contribution in [0.2, 0.25) is 0 Å². The van der Waals surface area contributed by atoms with Crippen LogP contribution in [0.1, 0.15) is 21.9 Å². The zero-order valence-corrected chi connectivity index (χ0v) is 13.3. The lowest BCUT2D eigenvalue weighted by atomic mass is 9.85. The van der Waals surface area contributed by atoms with Gasteiger partial charge in [0.05, 0.1) is 18.1 Å². The molecule has 1 N–H and O–H groups in total. The highest BCUT2D eigenvalue weighted by molar-refractivity contribution is 7.99. The van der Waals surface area contributed by atoms with Gasteiger partial charge in [-0.2, -0.15) is 0 Å². The number of fused-ring (bicyclic) bond motifs is 1. The molecule has 0 radical (unpaired) electrons. The molecule has 1 aliphatic rings. The van der Waals surface area contributed by atoms with Gasteiger partial charge in [-0.05, 0) is 12.5 Å². The topological polar surface area (TPSA) is 59.2 Å². The van der Waals surface area contributed by atoms with Crippen molar-refractivity contribution < 1.29 is 9.53 Å². The maximum absolute atomic E-state index is 12.1. The van der Waals surface area contributed by atoms with E-state index in [0.717, 1.165) is 15.5 Å². The molecule has 110 valence electrons. The molecule has 2 aromatic rings. The first-order valence-electron chi connectivity index (χ1n) is 6.60. The average Bonchev–Trinajstić information content (AvgIpc) is 2.86. The van der Waals surface area contributed by atoms with E-state index in [-0.39, 0.29) is 22.7 Å². The summed E-state index contributed by atoms with van der Waals surface area (Å²) in [5.74, 6) is 0.0183. The molecule has 0 spiro atoms. The van der Waals surface area contributed by atoms with Crippen molar-refractivity contribution in [3.63, 3.8) is 0 Å². The summed E-state index contributed by atoms with van der Waals surface area (Å²) in [4.78, 5) is 27.5. The number of esters is 1. The van der Waals surface area contributed by atoms with Crippen LogP contribution in [0.15, 0.2) is 34.1 Å². The van der Waals surface area contributed by atoms with Crippen molar-refractivity contribution in [1.82, 2.24) is 4.98 Å². The number of methoxy groups -OCH3 is 1. The SMILES string of the molecule is COC(=O)C1CSc2[nH]c(=O)sc2C1c1ccc(C)cc1. The van der Waals surface area contributed by atoms with Crippen LogP contribution in [0, 0.1) is 12.8 Å². The number of nitrogens with one attached hydrogen (secondary N) is 1. The van der Waals surface area contributed by atoms with Gasteiger partial charge in [-0.1, -0.05) is 41.2 Å². The molecule has 2 heterocycles. The lowest BCUT2D eigenvalue weighted by molar-refractivity contribution is -0.145. The Morgan fingerprint density at radius 1 is 1.33 bits per heavy atom. The van der Waals surface area contributed by atoms with Crippen LogP contribution in [0.3, 0.4) is 0 Å². The van der Waals surface area contributed by atoms with Crippen LogP contribution in [-0.4, -0.2) is 23.8 Å². The monoisotopic (exact) mass is 321 g/mol. The van der Waals surface area contributed by atoms with Gasteiger partial charge in [0.2, 0.25) is 0 Å². The molecule has 0 amide bonds. The molecular formula is C15H15NO3S2. The van der Waals surface area contributed by atoms with E-state index >= 15 is 0 Å². The highest BCUT2D eigenvalue weighted by Gasteiger charge is 2.38. The molecule has 6 heteroatoms. The minimum atomic E-state index is -0.262. The van der Waals surface area contributed by atoms with E-state index in [2.05, 4.69) is 4.98 Å². The van der Waals surface area contributed by atoms with E-state index in [9.17, 15) is 9.59 Å². The number of aryl methyl sites for hydroxylation is 1. The number of hydrogen-bond donors (Lipinski definition) is 1. The van der Waals surface area contributed by atoms with Gasteiger partial charge in [-0.3, -0.25) is 9.59 Å². The summed E-state index contributed by atoms with van der Waals surface area (Å²) < 4.78 is 4.95. The second-order valence-corrected chi connectivity index (χ2v) is 7.08. The third-order valence-electron chi connectivity index (χ3n) is 3.67. The van der Waals surface area contributed by atoms with Crippen LogP contribution >= 0.6 is 23.1 Å². The number of aromatic amines is 1. The van der Waals surface area contributed by atoms with E-state index < -0.39 is 0 Å². The third kappa shape index (κ3) is 2.65. The van der Waals surface area contributed by atoms with Crippen molar-refractivity contribution >= 4 is 29.1 Å². The standard InChI is InChI=1S/C15H15NO3S2/c1-8-3-5-9(6-4-8)11-10(14(17)19-2)7-20-13-12(11)21-15(18)16-13/h3-6,10-11H,7H2,1-2H3,(H,16,18). The van der Waals surface area contributed by atoms with Gasteiger partial charge in [0.1, 0.15) is 0 Å². The molecule has 1 aromatic heterocycles. The van der Waals surface area contributed by atoms with Crippen LogP contribution in [0.4, 0.5) is 0 Å². The van der Waals surface area contributed by atoms with Crippen LogP contribution < -0.4 is 4.87 Å². The zero-order chi connectivity index (χ0) is 15.0. The molecule has 3 rings (SSSR count). The van der Waals surface area contributed by atoms with Crippen molar-refractivity contribution in [1.29, 1.82) is 0 Å². The molecule has 2 unspecified atom stereocenters. The summed E-state index contributed by atoms with van der Waals surface area (Å²) in [5.41, 5.74) is 2.22. The number of thioether (sulfide) groups is 1. The molecule has 0 fully saturated rings. The number of benzene rings is 1. The summed E-state index contributed by atoms with van der Waals surface area (Å²) in [6.45, 7) is 2.03. The molecule has 0 aliphatic carbocycles. The molecule has 1 aromatic carbocycles. The molecule has 4 nitrogen and oxygen atoms in total. The number of carbonyl (C=O) groups is 1. The molecule has 2 atom stereocenters. The fraction of sp³-hybridized carbons (Fsp3) is 0.333. The average molecular weight is 321 g/mol. The first-order chi connectivity index (χ1) is 10.1. The third-order valence-corrected chi connectivity index (χ3v) is 5.91. The Bertz CT molecular complexity index is 717. The van der Waals surface area contributed by atoms with E-state index in [4.69, 9.17) is 4.74 Å². The highest BCUT2D eigenvalue weighted by atomic mass is 32.2. The Kier molecular flexibility index (Phi) is 3.91. The highest BCUT2D eigenvalue weighted by Crippen LogP contribution is 2.45. The first kappa shape index (κ1) is 14.4. The number of ether oxygens (including phenoxy) is 1. The quantitative estimate of drug-likeness (QED) is 0.864. The Morgan fingerprint density at radius 3 is 2.71 bits per heavy atom. The van der Waals surface area contributed by atoms with Crippen molar-refractivity contribution in [2.45, 2.75) is 17.9 Å². The molecule has 0 saturated carbocycles. The van der Waals surface area contributed by atoms with Gasteiger partial charge < -0.3 is 9.72 Å². The number of hydrogen-bond acceptors (Lipinski definition) is 5. The minimum absolute atomic E-state index is 0.0740. The second kappa shape index (κ2) is 5.69. The first-order valence-corrected chi connectivity index (χ1v) is 8.40. The zero-order valence-electron chi connectivity index (χ0n) is 11.7. The van der Waals surface area contributed by atoms with Crippen molar-refractivity contribution in [3.8, 4) is 0 Å². The van der Waals surface area contributed by atoms with E-state index in [1.54, 1.807) is 0 Å².